The summed E-state index contributed by atoms with van der Waals surface area (Å²) in [4.78, 5) is 27.2. The summed E-state index contributed by atoms with van der Waals surface area (Å²) in [7, 11) is 0. The van der Waals surface area contributed by atoms with E-state index in [0.717, 1.165) is 5.69 Å². The number of Topliss-reactive ketones (excluding diaryl/α,β-unsaturated/α-hetero) is 1. The molecule has 140 valence electrons. The number of aromatic amines is 1. The molecule has 0 aliphatic rings. The lowest BCUT2D eigenvalue weighted by Gasteiger charge is -2.12. The number of H-pyrrole nitrogens is 1. The number of nitrogens with one attached hydrogen (secondary N) is 1. The van der Waals surface area contributed by atoms with Gasteiger partial charge in [0.1, 0.15) is 5.15 Å². The number of carbonyl (C=O) groups is 1. The standard InChI is InChI=1S/C20H20ClN3O2S/c1-12-14(18(21)24(23-12)13-8-6-5-7-9-13)10-15-19(26)22-17(27-15)11-16(25)20(2,3)4/h5-11H,1-4H3,(H,22,26)/b15-10-,17-11-. The number of ketones is 1. The van der Waals surface area contributed by atoms with Crippen molar-refractivity contribution in [2.45, 2.75) is 27.7 Å². The number of carbonyl (C=O) groups excluding carboxylic acids is 1. The summed E-state index contributed by atoms with van der Waals surface area (Å²) in [6.45, 7) is 7.36. The fourth-order valence-corrected chi connectivity index (χ4v) is 3.60. The zero-order valence-corrected chi connectivity index (χ0v) is 17.1. The Kier molecular flexibility index (Phi) is 5.22. The molecule has 0 atom stereocenters. The van der Waals surface area contributed by atoms with Crippen LogP contribution >= 0.6 is 22.9 Å². The average molecular weight is 402 g/mol. The zero-order chi connectivity index (χ0) is 19.8. The quantitative estimate of drug-likeness (QED) is 0.733. The van der Waals surface area contributed by atoms with Crippen LogP contribution in [0.1, 0.15) is 32.0 Å². The molecule has 0 saturated carbocycles. The van der Waals surface area contributed by atoms with Crippen LogP contribution in [-0.4, -0.2) is 20.5 Å². The third-order valence-corrected chi connectivity index (χ3v) is 5.33. The number of rotatable bonds is 3. The molecule has 1 aromatic carbocycles. The van der Waals surface area contributed by atoms with Gasteiger partial charge in [-0.25, -0.2) is 4.68 Å². The second-order valence-electron chi connectivity index (χ2n) is 7.22. The minimum Gasteiger partial charge on any atom is -0.313 e. The molecule has 5 nitrogen and oxygen atoms in total. The van der Waals surface area contributed by atoms with Crippen LogP contribution in [-0.2, 0) is 4.79 Å². The molecule has 0 radical (unpaired) electrons. The molecule has 2 heterocycles. The molecular formula is C20H20ClN3O2S. The predicted octanol–water partition coefficient (Wildman–Crippen LogP) is 2.81. The van der Waals surface area contributed by atoms with Crippen LogP contribution in [0.25, 0.3) is 17.8 Å². The van der Waals surface area contributed by atoms with Gasteiger partial charge >= 0.3 is 0 Å². The van der Waals surface area contributed by atoms with Gasteiger partial charge in [0.05, 0.1) is 20.6 Å². The van der Waals surface area contributed by atoms with Crippen molar-refractivity contribution in [1.29, 1.82) is 0 Å². The highest BCUT2D eigenvalue weighted by Crippen LogP contribution is 2.23. The molecule has 1 N–H and O–H groups in total. The van der Waals surface area contributed by atoms with Crippen LogP contribution in [0.4, 0.5) is 0 Å². The number of hydrogen-bond donors (Lipinski definition) is 1. The molecule has 0 unspecified atom stereocenters. The van der Waals surface area contributed by atoms with Gasteiger partial charge in [-0.05, 0) is 25.1 Å². The highest BCUT2D eigenvalue weighted by molar-refractivity contribution is 7.07. The Bertz CT molecular complexity index is 1160. The molecule has 3 aromatic rings. The number of aromatic nitrogens is 3. The van der Waals surface area contributed by atoms with Gasteiger partial charge in [-0.1, -0.05) is 50.6 Å². The van der Waals surface area contributed by atoms with Crippen molar-refractivity contribution in [3.05, 3.63) is 66.3 Å². The third-order valence-electron chi connectivity index (χ3n) is 4.01. The summed E-state index contributed by atoms with van der Waals surface area (Å²) in [6, 6.07) is 9.55. The van der Waals surface area contributed by atoms with Gasteiger partial charge in [0, 0.05) is 17.1 Å². The second kappa shape index (κ2) is 7.29. The molecule has 0 spiro atoms. The Morgan fingerprint density at radius 2 is 1.93 bits per heavy atom. The van der Waals surface area contributed by atoms with Crippen LogP contribution in [0.5, 0.6) is 0 Å². The van der Waals surface area contributed by atoms with Gasteiger partial charge in [0.2, 0.25) is 0 Å². The monoisotopic (exact) mass is 401 g/mol. The summed E-state index contributed by atoms with van der Waals surface area (Å²) < 4.78 is 2.64. The van der Waals surface area contributed by atoms with E-state index in [0.29, 0.717) is 25.6 Å². The molecule has 27 heavy (non-hydrogen) atoms. The van der Waals surface area contributed by atoms with Gasteiger partial charge in [-0.15, -0.1) is 11.3 Å². The molecule has 2 aromatic heterocycles. The predicted molar refractivity (Wildman–Crippen MR) is 110 cm³/mol. The number of hydrogen-bond acceptors (Lipinski definition) is 4. The van der Waals surface area contributed by atoms with Gasteiger partial charge in [0.15, 0.2) is 5.78 Å². The molecule has 0 bridgehead atoms. The molecule has 0 fully saturated rings. The number of aryl methyl sites for hydroxylation is 1. The summed E-state index contributed by atoms with van der Waals surface area (Å²) in [5.41, 5.74) is 1.49. The van der Waals surface area contributed by atoms with Crippen LogP contribution in [0.15, 0.2) is 35.1 Å². The maximum atomic E-state index is 12.3. The maximum Gasteiger partial charge on any atom is 0.266 e. The van der Waals surface area contributed by atoms with Gasteiger partial charge in [-0.3, -0.25) is 9.59 Å². The van der Waals surface area contributed by atoms with E-state index in [1.807, 2.05) is 58.0 Å². The summed E-state index contributed by atoms with van der Waals surface area (Å²) in [5.74, 6) is -0.0438. The van der Waals surface area contributed by atoms with Crippen LogP contribution in [0.3, 0.4) is 0 Å². The van der Waals surface area contributed by atoms with E-state index < -0.39 is 5.41 Å². The van der Waals surface area contributed by atoms with E-state index in [1.165, 1.54) is 17.4 Å². The van der Waals surface area contributed by atoms with Crippen molar-refractivity contribution in [1.82, 2.24) is 14.8 Å². The largest absolute Gasteiger partial charge is 0.313 e. The normalized spacial score (nSPS) is 13.4. The van der Waals surface area contributed by atoms with Crippen molar-refractivity contribution in [2.75, 3.05) is 0 Å². The third kappa shape index (κ3) is 4.12. The van der Waals surface area contributed by atoms with E-state index >= 15 is 0 Å². The topological polar surface area (TPSA) is 67.8 Å². The van der Waals surface area contributed by atoms with E-state index in [9.17, 15) is 9.59 Å². The first-order valence-corrected chi connectivity index (χ1v) is 9.64. The van der Waals surface area contributed by atoms with E-state index in [2.05, 4.69) is 10.1 Å². The average Bonchev–Trinajstić information content (AvgIpc) is 3.09. The molecule has 0 amide bonds. The minimum absolute atomic E-state index is 0.0438. The summed E-state index contributed by atoms with van der Waals surface area (Å²) in [6.07, 6.45) is 3.19. The number of halogens is 1. The Hall–Kier alpha value is -2.44. The SMILES string of the molecule is Cc1nn(-c2ccccc2)c(Cl)c1/C=c1\s/c(=C\C(=O)C(C)(C)C)[nH]c1=O. The lowest BCUT2D eigenvalue weighted by Crippen LogP contribution is -2.22. The number of para-hydroxylation sites is 1. The highest BCUT2D eigenvalue weighted by atomic mass is 35.5. The van der Waals surface area contributed by atoms with Gasteiger partial charge in [0.25, 0.3) is 5.56 Å². The Balaban J connectivity index is 2.09. The molecule has 7 heteroatoms. The summed E-state index contributed by atoms with van der Waals surface area (Å²) >= 11 is 7.74. The molecule has 0 saturated heterocycles. The van der Waals surface area contributed by atoms with Crippen molar-refractivity contribution >= 4 is 40.9 Å². The van der Waals surface area contributed by atoms with Crippen LogP contribution in [0.2, 0.25) is 5.15 Å². The highest BCUT2D eigenvalue weighted by Gasteiger charge is 2.19. The number of benzene rings is 1. The summed E-state index contributed by atoms with van der Waals surface area (Å²) in [5, 5.41) is 4.91. The fraction of sp³-hybridized carbons (Fsp3) is 0.250. The Labute approximate surface area is 165 Å². The minimum atomic E-state index is -0.499. The smallest absolute Gasteiger partial charge is 0.266 e. The number of thiazole rings is 1. The maximum absolute atomic E-state index is 12.3. The van der Waals surface area contributed by atoms with Crippen LogP contribution in [0, 0.1) is 12.3 Å². The first-order valence-electron chi connectivity index (χ1n) is 8.44. The molecule has 0 aliphatic carbocycles. The molecule has 3 rings (SSSR count). The first kappa shape index (κ1) is 19.3. The molecular weight excluding hydrogens is 382 g/mol. The Morgan fingerprint density at radius 3 is 2.56 bits per heavy atom. The number of nitrogens with zero attached hydrogens (tertiary/aromatic N) is 2. The van der Waals surface area contributed by atoms with Crippen LogP contribution < -0.4 is 14.8 Å². The Morgan fingerprint density at radius 1 is 1.26 bits per heavy atom. The van der Waals surface area contributed by atoms with E-state index in [-0.39, 0.29) is 11.3 Å². The van der Waals surface area contributed by atoms with Crippen molar-refractivity contribution < 1.29 is 4.79 Å². The second-order valence-corrected chi connectivity index (χ2v) is 8.67. The first-order chi connectivity index (χ1) is 12.7. The van der Waals surface area contributed by atoms with Gasteiger partial charge in [-0.2, -0.15) is 5.10 Å². The van der Waals surface area contributed by atoms with Crippen molar-refractivity contribution in [2.24, 2.45) is 5.41 Å². The van der Waals surface area contributed by atoms with Crippen molar-refractivity contribution in [3.63, 3.8) is 0 Å². The fourth-order valence-electron chi connectivity index (χ4n) is 2.41. The van der Waals surface area contributed by atoms with Crippen molar-refractivity contribution in [3.8, 4) is 5.69 Å². The molecule has 0 aliphatic heterocycles. The lowest BCUT2D eigenvalue weighted by molar-refractivity contribution is -0.119. The van der Waals surface area contributed by atoms with E-state index in [1.54, 1.807) is 10.8 Å². The zero-order valence-electron chi connectivity index (χ0n) is 15.5. The lowest BCUT2D eigenvalue weighted by atomic mass is 9.91. The van der Waals surface area contributed by atoms with E-state index in [4.69, 9.17) is 11.6 Å². The van der Waals surface area contributed by atoms with Gasteiger partial charge < -0.3 is 4.98 Å².